The molecule has 0 fully saturated rings. The van der Waals surface area contributed by atoms with E-state index >= 15 is 0 Å². The lowest BCUT2D eigenvalue weighted by molar-refractivity contribution is 1.42. The average molecular weight is 315 g/mol. The van der Waals surface area contributed by atoms with E-state index < -0.39 is 0 Å². The first kappa shape index (κ1) is 11.8. The molecule has 0 bridgehead atoms. The second-order valence-electron chi connectivity index (χ2n) is 4.03. The van der Waals surface area contributed by atoms with Crippen LogP contribution in [-0.4, -0.2) is 0 Å². The molecule has 0 aliphatic rings. The molecule has 0 spiro atoms. The molecule has 3 aromatic rings. The molecular formula is C16H11BrS. The van der Waals surface area contributed by atoms with Gasteiger partial charge in [0.05, 0.1) is 0 Å². The van der Waals surface area contributed by atoms with Crippen LogP contribution in [0.2, 0.25) is 0 Å². The Hall–Kier alpha value is -1.25. The zero-order valence-electron chi connectivity index (χ0n) is 9.64. The van der Waals surface area contributed by atoms with Crippen LogP contribution in [0.3, 0.4) is 0 Å². The van der Waals surface area contributed by atoms with Crippen LogP contribution < -0.4 is 0 Å². The van der Waals surface area contributed by atoms with Gasteiger partial charge in [0.25, 0.3) is 0 Å². The molecule has 0 unspecified atom stereocenters. The fourth-order valence-corrected chi connectivity index (χ4v) is 3.15. The monoisotopic (exact) mass is 314 g/mol. The van der Waals surface area contributed by atoms with Gasteiger partial charge < -0.3 is 0 Å². The maximum absolute atomic E-state index is 3.46. The van der Waals surface area contributed by atoms with Crippen molar-refractivity contribution in [2.45, 2.75) is 9.79 Å². The van der Waals surface area contributed by atoms with Crippen LogP contribution in [-0.2, 0) is 0 Å². The molecule has 0 saturated carbocycles. The summed E-state index contributed by atoms with van der Waals surface area (Å²) in [6.07, 6.45) is 0. The predicted molar refractivity (Wildman–Crippen MR) is 82.2 cm³/mol. The highest BCUT2D eigenvalue weighted by molar-refractivity contribution is 9.10. The van der Waals surface area contributed by atoms with Gasteiger partial charge in [-0.1, -0.05) is 64.1 Å². The SMILES string of the molecule is Brc1ccc(Sc2cccc3ccccc23)cc1. The van der Waals surface area contributed by atoms with Crippen molar-refractivity contribution >= 4 is 38.5 Å². The second kappa shape index (κ2) is 5.17. The van der Waals surface area contributed by atoms with E-state index in [1.807, 2.05) is 0 Å². The van der Waals surface area contributed by atoms with Gasteiger partial charge in [0.2, 0.25) is 0 Å². The van der Waals surface area contributed by atoms with Gasteiger partial charge in [-0.3, -0.25) is 0 Å². The lowest BCUT2D eigenvalue weighted by atomic mass is 10.1. The summed E-state index contributed by atoms with van der Waals surface area (Å²) in [4.78, 5) is 2.56. The van der Waals surface area contributed by atoms with E-state index in [0.717, 1.165) is 4.47 Å². The number of fused-ring (bicyclic) bond motifs is 1. The van der Waals surface area contributed by atoms with Gasteiger partial charge in [0.15, 0.2) is 0 Å². The Labute approximate surface area is 119 Å². The molecule has 18 heavy (non-hydrogen) atoms. The zero-order valence-corrected chi connectivity index (χ0v) is 12.0. The fraction of sp³-hybridized carbons (Fsp3) is 0. The molecule has 3 rings (SSSR count). The molecule has 0 aliphatic heterocycles. The standard InChI is InChI=1S/C16H11BrS/c17-13-8-10-14(11-9-13)18-16-7-3-5-12-4-1-2-6-15(12)16/h1-11H. The summed E-state index contributed by atoms with van der Waals surface area (Å²) in [5.41, 5.74) is 0. The smallest absolute Gasteiger partial charge is 0.0200 e. The number of benzene rings is 3. The van der Waals surface area contributed by atoms with Crippen molar-refractivity contribution in [3.63, 3.8) is 0 Å². The maximum Gasteiger partial charge on any atom is 0.0200 e. The maximum atomic E-state index is 3.46. The molecule has 0 aromatic heterocycles. The third-order valence-electron chi connectivity index (χ3n) is 2.79. The Balaban J connectivity index is 2.02. The molecule has 0 heterocycles. The molecule has 0 amide bonds. The van der Waals surface area contributed by atoms with Gasteiger partial charge in [-0.15, -0.1) is 0 Å². The van der Waals surface area contributed by atoms with E-state index in [0.29, 0.717) is 0 Å². The van der Waals surface area contributed by atoms with Crippen molar-refractivity contribution in [2.75, 3.05) is 0 Å². The van der Waals surface area contributed by atoms with Gasteiger partial charge in [0.1, 0.15) is 0 Å². The molecule has 0 saturated heterocycles. The number of hydrogen-bond donors (Lipinski definition) is 0. The largest absolute Gasteiger partial charge is 0.0894 e. The molecule has 0 N–H and O–H groups in total. The first-order valence-electron chi connectivity index (χ1n) is 5.74. The molecule has 0 atom stereocenters. The summed E-state index contributed by atoms with van der Waals surface area (Å²) < 4.78 is 1.12. The first-order valence-corrected chi connectivity index (χ1v) is 7.35. The minimum absolute atomic E-state index is 1.12. The van der Waals surface area contributed by atoms with Gasteiger partial charge in [-0.2, -0.15) is 0 Å². The predicted octanol–water partition coefficient (Wildman–Crippen LogP) is 5.75. The summed E-state index contributed by atoms with van der Waals surface area (Å²) in [6.45, 7) is 0. The second-order valence-corrected chi connectivity index (χ2v) is 6.06. The molecule has 2 heteroatoms. The van der Waals surface area contributed by atoms with Gasteiger partial charge in [0, 0.05) is 14.3 Å². The Kier molecular flexibility index (Phi) is 3.39. The van der Waals surface area contributed by atoms with Crippen LogP contribution in [0.5, 0.6) is 0 Å². The molecule has 0 aliphatic carbocycles. The number of hydrogen-bond acceptors (Lipinski definition) is 1. The first-order chi connectivity index (χ1) is 8.83. The Morgan fingerprint density at radius 3 is 2.28 bits per heavy atom. The van der Waals surface area contributed by atoms with Crippen LogP contribution in [0.15, 0.2) is 81.0 Å². The van der Waals surface area contributed by atoms with E-state index in [1.54, 1.807) is 11.8 Å². The van der Waals surface area contributed by atoms with Gasteiger partial charge >= 0.3 is 0 Å². The van der Waals surface area contributed by atoms with E-state index in [-0.39, 0.29) is 0 Å². The van der Waals surface area contributed by atoms with E-state index in [1.165, 1.54) is 20.6 Å². The van der Waals surface area contributed by atoms with E-state index in [9.17, 15) is 0 Å². The number of rotatable bonds is 2. The third-order valence-corrected chi connectivity index (χ3v) is 4.40. The highest BCUT2D eigenvalue weighted by Gasteiger charge is 2.02. The third kappa shape index (κ3) is 2.45. The topological polar surface area (TPSA) is 0 Å². The molecule has 0 nitrogen and oxygen atoms in total. The van der Waals surface area contributed by atoms with Crippen molar-refractivity contribution in [1.29, 1.82) is 0 Å². The van der Waals surface area contributed by atoms with Gasteiger partial charge in [-0.05, 0) is 41.1 Å². The number of halogens is 1. The van der Waals surface area contributed by atoms with Crippen LogP contribution >= 0.6 is 27.7 Å². The fourth-order valence-electron chi connectivity index (χ4n) is 1.91. The summed E-state index contributed by atoms with van der Waals surface area (Å²) in [5, 5.41) is 2.60. The van der Waals surface area contributed by atoms with Crippen molar-refractivity contribution in [2.24, 2.45) is 0 Å². The van der Waals surface area contributed by atoms with Crippen LogP contribution in [0.1, 0.15) is 0 Å². The van der Waals surface area contributed by atoms with Crippen molar-refractivity contribution < 1.29 is 0 Å². The molecule has 0 radical (unpaired) electrons. The summed E-state index contributed by atoms with van der Waals surface area (Å²) in [5.74, 6) is 0. The van der Waals surface area contributed by atoms with Crippen molar-refractivity contribution in [3.8, 4) is 0 Å². The highest BCUT2D eigenvalue weighted by Crippen LogP contribution is 2.33. The lowest BCUT2D eigenvalue weighted by Gasteiger charge is -2.06. The summed E-state index contributed by atoms with van der Waals surface area (Å²) in [6, 6.07) is 23.4. The van der Waals surface area contributed by atoms with Gasteiger partial charge in [-0.25, -0.2) is 0 Å². The summed E-state index contributed by atoms with van der Waals surface area (Å²) >= 11 is 5.27. The molecular weight excluding hydrogens is 304 g/mol. The van der Waals surface area contributed by atoms with Crippen LogP contribution in [0.25, 0.3) is 10.8 Å². The molecule has 88 valence electrons. The Bertz CT molecular complexity index is 669. The average Bonchev–Trinajstić information content (AvgIpc) is 2.42. The summed E-state index contributed by atoms with van der Waals surface area (Å²) in [7, 11) is 0. The van der Waals surface area contributed by atoms with Crippen LogP contribution in [0.4, 0.5) is 0 Å². The van der Waals surface area contributed by atoms with Crippen molar-refractivity contribution in [1.82, 2.24) is 0 Å². The van der Waals surface area contributed by atoms with Crippen LogP contribution in [0, 0.1) is 0 Å². The normalized spacial score (nSPS) is 10.7. The lowest BCUT2D eigenvalue weighted by Crippen LogP contribution is -1.77. The van der Waals surface area contributed by atoms with E-state index in [2.05, 4.69) is 82.7 Å². The minimum atomic E-state index is 1.12. The quantitative estimate of drug-likeness (QED) is 0.580. The Morgan fingerprint density at radius 2 is 1.44 bits per heavy atom. The molecule has 3 aromatic carbocycles. The van der Waals surface area contributed by atoms with E-state index in [4.69, 9.17) is 0 Å². The highest BCUT2D eigenvalue weighted by atomic mass is 79.9. The minimum Gasteiger partial charge on any atom is -0.0894 e. The van der Waals surface area contributed by atoms with Crippen molar-refractivity contribution in [3.05, 3.63) is 71.2 Å². The Morgan fingerprint density at radius 1 is 0.722 bits per heavy atom. The zero-order chi connectivity index (χ0) is 12.4.